The van der Waals surface area contributed by atoms with Crippen molar-refractivity contribution < 1.29 is 4.74 Å². The van der Waals surface area contributed by atoms with Gasteiger partial charge in [0.1, 0.15) is 5.75 Å². The largest absolute Gasteiger partial charge is 0.496 e. The third-order valence-corrected chi connectivity index (χ3v) is 4.20. The van der Waals surface area contributed by atoms with Crippen LogP contribution >= 0.6 is 0 Å². The molecule has 0 saturated carbocycles. The summed E-state index contributed by atoms with van der Waals surface area (Å²) in [5.41, 5.74) is 10.0. The Kier molecular flexibility index (Phi) is 5.44. The molecule has 112 valence electrons. The Morgan fingerprint density at radius 3 is 2.40 bits per heavy atom. The van der Waals surface area contributed by atoms with Crippen LogP contribution in [0, 0.1) is 13.8 Å². The van der Waals surface area contributed by atoms with Crippen LogP contribution in [0.5, 0.6) is 5.75 Å². The van der Waals surface area contributed by atoms with Crippen molar-refractivity contribution >= 4 is 0 Å². The second-order valence-corrected chi connectivity index (χ2v) is 6.03. The van der Waals surface area contributed by atoms with Crippen molar-refractivity contribution in [3.8, 4) is 5.75 Å². The SMILES string of the molecule is COc1c(C)cc(C)cc1C(N)CN1CCCCCC1. The first kappa shape index (κ1) is 15.3. The number of likely N-dealkylation sites (tertiary alicyclic amines) is 1. The second-order valence-electron chi connectivity index (χ2n) is 6.03. The molecule has 3 nitrogen and oxygen atoms in total. The number of nitrogens with zero attached hydrogens (tertiary/aromatic N) is 1. The van der Waals surface area contributed by atoms with E-state index >= 15 is 0 Å². The minimum atomic E-state index is 0.0293. The molecule has 0 bridgehead atoms. The molecule has 0 radical (unpaired) electrons. The molecule has 2 N–H and O–H groups in total. The summed E-state index contributed by atoms with van der Waals surface area (Å²) in [4.78, 5) is 2.51. The van der Waals surface area contributed by atoms with E-state index in [4.69, 9.17) is 10.5 Å². The summed E-state index contributed by atoms with van der Waals surface area (Å²) in [7, 11) is 1.74. The monoisotopic (exact) mass is 276 g/mol. The van der Waals surface area contributed by atoms with E-state index in [0.717, 1.165) is 17.9 Å². The van der Waals surface area contributed by atoms with Gasteiger partial charge >= 0.3 is 0 Å². The Morgan fingerprint density at radius 2 is 1.80 bits per heavy atom. The number of benzene rings is 1. The van der Waals surface area contributed by atoms with Gasteiger partial charge in [0, 0.05) is 18.2 Å². The molecule has 1 saturated heterocycles. The number of hydrogen-bond acceptors (Lipinski definition) is 3. The number of rotatable bonds is 4. The highest BCUT2D eigenvalue weighted by Crippen LogP contribution is 2.30. The molecular formula is C17H28N2O. The van der Waals surface area contributed by atoms with Crippen LogP contribution in [0.2, 0.25) is 0 Å². The lowest BCUT2D eigenvalue weighted by Crippen LogP contribution is -2.33. The van der Waals surface area contributed by atoms with Crippen LogP contribution < -0.4 is 10.5 Å². The highest BCUT2D eigenvalue weighted by Gasteiger charge is 2.18. The second kappa shape index (κ2) is 7.09. The minimum absolute atomic E-state index is 0.0293. The first-order valence-corrected chi connectivity index (χ1v) is 7.75. The predicted octanol–water partition coefficient (Wildman–Crippen LogP) is 3.19. The molecule has 1 heterocycles. The molecule has 0 aromatic heterocycles. The zero-order valence-electron chi connectivity index (χ0n) is 13.1. The summed E-state index contributed by atoms with van der Waals surface area (Å²) in [5.74, 6) is 0.956. The fraction of sp³-hybridized carbons (Fsp3) is 0.647. The van der Waals surface area contributed by atoms with Crippen LogP contribution in [0.25, 0.3) is 0 Å². The van der Waals surface area contributed by atoms with E-state index in [1.807, 2.05) is 0 Å². The lowest BCUT2D eigenvalue weighted by Gasteiger charge is -2.25. The Bertz CT molecular complexity index is 437. The Labute approximate surface area is 123 Å². The molecule has 2 rings (SSSR count). The highest BCUT2D eigenvalue weighted by atomic mass is 16.5. The Hall–Kier alpha value is -1.06. The number of nitrogens with two attached hydrogens (primary N) is 1. The van der Waals surface area contributed by atoms with Gasteiger partial charge in [0.2, 0.25) is 0 Å². The maximum Gasteiger partial charge on any atom is 0.126 e. The van der Waals surface area contributed by atoms with Crippen molar-refractivity contribution in [2.45, 2.75) is 45.6 Å². The molecule has 20 heavy (non-hydrogen) atoms. The summed E-state index contributed by atoms with van der Waals surface area (Å²) in [6, 6.07) is 4.36. The number of methoxy groups -OCH3 is 1. The van der Waals surface area contributed by atoms with Crippen molar-refractivity contribution in [1.29, 1.82) is 0 Å². The van der Waals surface area contributed by atoms with Gasteiger partial charge in [-0.1, -0.05) is 30.5 Å². The third kappa shape index (κ3) is 3.74. The van der Waals surface area contributed by atoms with E-state index in [-0.39, 0.29) is 6.04 Å². The fourth-order valence-electron chi connectivity index (χ4n) is 3.24. The van der Waals surface area contributed by atoms with Crippen LogP contribution in [0.1, 0.15) is 48.4 Å². The fourth-order valence-corrected chi connectivity index (χ4v) is 3.24. The maximum atomic E-state index is 6.47. The van der Waals surface area contributed by atoms with Crippen LogP contribution in [-0.2, 0) is 0 Å². The standard InChI is InChI=1S/C17H28N2O/c1-13-10-14(2)17(20-3)15(11-13)16(18)12-19-8-6-4-5-7-9-19/h10-11,16H,4-9,12,18H2,1-3H3. The van der Waals surface area contributed by atoms with Gasteiger partial charge in [0.05, 0.1) is 7.11 Å². The van der Waals surface area contributed by atoms with Crippen molar-refractivity contribution in [3.63, 3.8) is 0 Å². The van der Waals surface area contributed by atoms with E-state index in [1.165, 1.54) is 49.9 Å². The molecule has 3 heteroatoms. The van der Waals surface area contributed by atoms with E-state index in [9.17, 15) is 0 Å². The summed E-state index contributed by atoms with van der Waals surface area (Å²) >= 11 is 0. The van der Waals surface area contributed by atoms with E-state index in [0.29, 0.717) is 0 Å². The summed E-state index contributed by atoms with van der Waals surface area (Å²) in [6.07, 6.45) is 5.32. The molecule has 1 aromatic rings. The molecule has 0 amide bonds. The molecule has 1 aliphatic heterocycles. The smallest absolute Gasteiger partial charge is 0.126 e. The van der Waals surface area contributed by atoms with Crippen LogP contribution in [-0.4, -0.2) is 31.6 Å². The van der Waals surface area contributed by atoms with Gasteiger partial charge in [0.15, 0.2) is 0 Å². The van der Waals surface area contributed by atoms with Gasteiger partial charge in [-0.3, -0.25) is 0 Å². The van der Waals surface area contributed by atoms with E-state index < -0.39 is 0 Å². The Morgan fingerprint density at radius 1 is 1.15 bits per heavy atom. The first-order chi connectivity index (χ1) is 9.61. The van der Waals surface area contributed by atoms with Gasteiger partial charge in [-0.15, -0.1) is 0 Å². The minimum Gasteiger partial charge on any atom is -0.496 e. The molecule has 1 aromatic carbocycles. The van der Waals surface area contributed by atoms with E-state index in [1.54, 1.807) is 7.11 Å². The lowest BCUT2D eigenvalue weighted by molar-refractivity contribution is 0.265. The normalized spacial score (nSPS) is 18.6. The van der Waals surface area contributed by atoms with Crippen LogP contribution in [0.4, 0.5) is 0 Å². The number of ether oxygens (including phenoxy) is 1. The average molecular weight is 276 g/mol. The third-order valence-electron chi connectivity index (χ3n) is 4.20. The molecule has 0 spiro atoms. The summed E-state index contributed by atoms with van der Waals surface area (Å²) in [5, 5.41) is 0. The molecule has 0 aliphatic carbocycles. The van der Waals surface area contributed by atoms with Crippen LogP contribution in [0.3, 0.4) is 0 Å². The van der Waals surface area contributed by atoms with Gasteiger partial charge < -0.3 is 15.4 Å². The maximum absolute atomic E-state index is 6.47. The van der Waals surface area contributed by atoms with Crippen molar-refractivity contribution in [1.82, 2.24) is 4.90 Å². The zero-order valence-corrected chi connectivity index (χ0v) is 13.1. The van der Waals surface area contributed by atoms with Crippen molar-refractivity contribution in [2.75, 3.05) is 26.7 Å². The molecule has 1 atom stereocenters. The summed E-state index contributed by atoms with van der Waals surface area (Å²) in [6.45, 7) is 7.50. The number of hydrogen-bond donors (Lipinski definition) is 1. The molecule has 1 aliphatic rings. The quantitative estimate of drug-likeness (QED) is 0.918. The van der Waals surface area contributed by atoms with Crippen LogP contribution in [0.15, 0.2) is 12.1 Å². The highest BCUT2D eigenvalue weighted by molar-refractivity contribution is 5.45. The van der Waals surface area contributed by atoms with E-state index in [2.05, 4.69) is 30.9 Å². The lowest BCUT2D eigenvalue weighted by atomic mass is 9.99. The van der Waals surface area contributed by atoms with Crippen molar-refractivity contribution in [2.24, 2.45) is 5.73 Å². The summed E-state index contributed by atoms with van der Waals surface area (Å²) < 4.78 is 5.57. The van der Waals surface area contributed by atoms with Gasteiger partial charge in [-0.2, -0.15) is 0 Å². The van der Waals surface area contributed by atoms with Gasteiger partial charge in [-0.25, -0.2) is 0 Å². The Balaban J connectivity index is 2.13. The predicted molar refractivity (Wildman–Crippen MR) is 84.3 cm³/mol. The topological polar surface area (TPSA) is 38.5 Å². The molecule has 1 unspecified atom stereocenters. The zero-order chi connectivity index (χ0) is 14.5. The first-order valence-electron chi connectivity index (χ1n) is 7.75. The van der Waals surface area contributed by atoms with Gasteiger partial charge in [-0.05, 0) is 45.3 Å². The number of aryl methyl sites for hydroxylation is 2. The molecular weight excluding hydrogens is 248 g/mol. The van der Waals surface area contributed by atoms with Crippen molar-refractivity contribution in [3.05, 3.63) is 28.8 Å². The molecule has 1 fully saturated rings. The van der Waals surface area contributed by atoms with Gasteiger partial charge in [0.25, 0.3) is 0 Å². The average Bonchev–Trinajstić information content (AvgIpc) is 2.66.